The molecule has 0 spiro atoms. The van der Waals surface area contributed by atoms with Crippen LogP contribution in [0.2, 0.25) is 0 Å². The molecule has 4 aliphatic rings. The number of aromatic nitrogens is 1. The molecule has 2 aromatic rings. The summed E-state index contributed by atoms with van der Waals surface area (Å²) < 4.78 is 11.3. The number of carbonyl (C=O) groups excluding carboxylic acids is 1. The number of nitrogens with zero attached hydrogens (tertiary/aromatic N) is 3. The highest BCUT2D eigenvalue weighted by molar-refractivity contribution is 7.99. The molecule has 7 nitrogen and oxygen atoms in total. The standard InChI is InChI=1S/C22H28N4O3S/c1-15-20(16-6-8-25(15)9-7-16)24-21(27)17-2-4-18(5-3-17)30-19-14-23-22(29-19)26-10-12-28-13-11-26/h2-5,14-16,20H,6-13H2,1H3,(H,24,27)/t15-,20+/m1/s1. The van der Waals surface area contributed by atoms with Gasteiger partial charge in [-0.05, 0) is 63.0 Å². The lowest BCUT2D eigenvalue weighted by Crippen LogP contribution is -2.62. The summed E-state index contributed by atoms with van der Waals surface area (Å²) >= 11 is 1.51. The molecule has 6 rings (SSSR count). The highest BCUT2D eigenvalue weighted by atomic mass is 32.2. The van der Waals surface area contributed by atoms with E-state index in [0.717, 1.165) is 23.1 Å². The van der Waals surface area contributed by atoms with Crippen LogP contribution in [0.3, 0.4) is 0 Å². The Bertz CT molecular complexity index is 871. The molecule has 1 amide bonds. The number of oxazole rings is 1. The monoisotopic (exact) mass is 428 g/mol. The number of hydrogen-bond acceptors (Lipinski definition) is 7. The summed E-state index contributed by atoms with van der Waals surface area (Å²) in [6, 6.07) is 9.03. The predicted octanol–water partition coefficient (Wildman–Crippen LogP) is 2.87. The largest absolute Gasteiger partial charge is 0.417 e. The van der Waals surface area contributed by atoms with E-state index in [1.807, 2.05) is 24.3 Å². The molecule has 0 saturated carbocycles. The fourth-order valence-electron chi connectivity index (χ4n) is 4.77. The van der Waals surface area contributed by atoms with Gasteiger partial charge in [0.05, 0.1) is 19.4 Å². The Balaban J connectivity index is 1.19. The zero-order valence-corrected chi connectivity index (χ0v) is 18.1. The molecule has 5 heterocycles. The van der Waals surface area contributed by atoms with Crippen molar-refractivity contribution in [2.24, 2.45) is 5.92 Å². The molecule has 160 valence electrons. The third-order valence-corrected chi connectivity index (χ3v) is 7.46. The highest BCUT2D eigenvalue weighted by Gasteiger charge is 2.40. The van der Waals surface area contributed by atoms with Crippen molar-refractivity contribution < 1.29 is 13.9 Å². The zero-order chi connectivity index (χ0) is 20.5. The van der Waals surface area contributed by atoms with Crippen LogP contribution < -0.4 is 10.2 Å². The fourth-order valence-corrected chi connectivity index (χ4v) is 5.50. The molecule has 8 heteroatoms. The molecule has 30 heavy (non-hydrogen) atoms. The molecule has 4 aliphatic heterocycles. The molecule has 0 aliphatic carbocycles. The second-order valence-corrected chi connectivity index (χ2v) is 9.38. The molecule has 1 aromatic heterocycles. The molecule has 4 fully saturated rings. The first-order valence-corrected chi connectivity index (χ1v) is 11.6. The first kappa shape index (κ1) is 19.9. The second kappa shape index (κ2) is 8.61. The molecule has 0 unspecified atom stereocenters. The summed E-state index contributed by atoms with van der Waals surface area (Å²) in [5, 5.41) is 4.04. The summed E-state index contributed by atoms with van der Waals surface area (Å²) in [5.41, 5.74) is 0.703. The molecule has 0 radical (unpaired) electrons. The van der Waals surface area contributed by atoms with Gasteiger partial charge in [0.25, 0.3) is 11.9 Å². The van der Waals surface area contributed by atoms with Gasteiger partial charge in [-0.25, -0.2) is 4.98 Å². The molecule has 2 bridgehead atoms. The molecular formula is C22H28N4O3S. The minimum atomic E-state index is 0.0198. The van der Waals surface area contributed by atoms with E-state index >= 15 is 0 Å². The normalized spacial score (nSPS) is 28.5. The van der Waals surface area contributed by atoms with E-state index in [-0.39, 0.29) is 11.9 Å². The summed E-state index contributed by atoms with van der Waals surface area (Å²) in [7, 11) is 0. The Morgan fingerprint density at radius 2 is 1.87 bits per heavy atom. The van der Waals surface area contributed by atoms with Crippen LogP contribution in [0.1, 0.15) is 30.1 Å². The van der Waals surface area contributed by atoms with Gasteiger partial charge in [-0.2, -0.15) is 0 Å². The van der Waals surface area contributed by atoms with E-state index < -0.39 is 0 Å². The van der Waals surface area contributed by atoms with Gasteiger partial charge >= 0.3 is 0 Å². The van der Waals surface area contributed by atoms with Crippen LogP contribution in [-0.4, -0.2) is 67.3 Å². The maximum Gasteiger partial charge on any atom is 0.298 e. The highest BCUT2D eigenvalue weighted by Crippen LogP contribution is 2.33. The van der Waals surface area contributed by atoms with E-state index in [9.17, 15) is 4.79 Å². The lowest BCUT2D eigenvalue weighted by Gasteiger charge is -2.49. The average Bonchev–Trinajstić information content (AvgIpc) is 3.26. The van der Waals surface area contributed by atoms with Crippen LogP contribution in [0, 0.1) is 5.92 Å². The molecule has 1 N–H and O–H groups in total. The smallest absolute Gasteiger partial charge is 0.298 e. The Labute approximate surface area is 181 Å². The van der Waals surface area contributed by atoms with Gasteiger partial charge in [0.2, 0.25) is 0 Å². The van der Waals surface area contributed by atoms with E-state index in [4.69, 9.17) is 9.15 Å². The van der Waals surface area contributed by atoms with Gasteiger partial charge in [0.1, 0.15) is 0 Å². The maximum atomic E-state index is 12.8. The van der Waals surface area contributed by atoms with E-state index in [1.165, 1.54) is 37.7 Å². The number of ether oxygens (including phenoxy) is 1. The van der Waals surface area contributed by atoms with Crippen molar-refractivity contribution in [3.05, 3.63) is 36.0 Å². The van der Waals surface area contributed by atoms with Gasteiger partial charge in [-0.1, -0.05) is 11.8 Å². The van der Waals surface area contributed by atoms with Gasteiger partial charge in [0.15, 0.2) is 5.09 Å². The van der Waals surface area contributed by atoms with Crippen molar-refractivity contribution in [1.82, 2.24) is 15.2 Å². The Hall–Kier alpha value is -2.03. The SMILES string of the molecule is C[C@@H]1[C@H](NC(=O)c2ccc(Sc3cnc(N4CCOCC4)o3)cc2)C2CCN1CC2. The quantitative estimate of drug-likeness (QED) is 0.785. The van der Waals surface area contributed by atoms with Gasteiger partial charge in [-0.3, -0.25) is 9.69 Å². The zero-order valence-electron chi connectivity index (χ0n) is 17.3. The number of benzene rings is 1. The Morgan fingerprint density at radius 1 is 1.13 bits per heavy atom. The third-order valence-electron chi connectivity index (χ3n) is 6.56. The van der Waals surface area contributed by atoms with Crippen LogP contribution in [0.4, 0.5) is 6.01 Å². The number of morpholine rings is 1. The van der Waals surface area contributed by atoms with Crippen molar-refractivity contribution in [2.45, 2.75) is 41.8 Å². The van der Waals surface area contributed by atoms with Crippen molar-refractivity contribution in [1.29, 1.82) is 0 Å². The molecule has 4 saturated heterocycles. The van der Waals surface area contributed by atoms with E-state index in [0.29, 0.717) is 36.8 Å². The fraction of sp³-hybridized carbons (Fsp3) is 0.545. The third kappa shape index (κ3) is 4.08. The summed E-state index contributed by atoms with van der Waals surface area (Å²) in [6.07, 6.45) is 4.13. The second-order valence-electron chi connectivity index (χ2n) is 8.30. The van der Waals surface area contributed by atoms with Crippen molar-refractivity contribution >= 4 is 23.7 Å². The van der Waals surface area contributed by atoms with Gasteiger partial charge in [-0.15, -0.1) is 0 Å². The van der Waals surface area contributed by atoms with Gasteiger partial charge in [0, 0.05) is 35.6 Å². The van der Waals surface area contributed by atoms with Crippen LogP contribution >= 0.6 is 11.8 Å². The topological polar surface area (TPSA) is 70.8 Å². The number of rotatable bonds is 5. The average molecular weight is 429 g/mol. The minimum Gasteiger partial charge on any atom is -0.417 e. The number of piperidine rings is 3. The molecular weight excluding hydrogens is 400 g/mol. The summed E-state index contributed by atoms with van der Waals surface area (Å²) in [6.45, 7) is 7.56. The Kier molecular flexibility index (Phi) is 5.71. The number of fused-ring (bicyclic) bond motifs is 3. The molecule has 2 atom stereocenters. The van der Waals surface area contributed by atoms with Crippen molar-refractivity contribution in [3.63, 3.8) is 0 Å². The summed E-state index contributed by atoms with van der Waals surface area (Å²) in [5.74, 6) is 0.627. The molecule has 1 aromatic carbocycles. The maximum absolute atomic E-state index is 12.8. The first-order chi connectivity index (χ1) is 14.7. The lowest BCUT2D eigenvalue weighted by atomic mass is 9.79. The predicted molar refractivity (Wildman–Crippen MR) is 115 cm³/mol. The number of amides is 1. The van der Waals surface area contributed by atoms with Crippen molar-refractivity contribution in [3.8, 4) is 0 Å². The van der Waals surface area contributed by atoms with E-state index in [2.05, 4.69) is 27.0 Å². The van der Waals surface area contributed by atoms with Crippen molar-refractivity contribution in [2.75, 3.05) is 44.3 Å². The van der Waals surface area contributed by atoms with E-state index in [1.54, 1.807) is 6.20 Å². The van der Waals surface area contributed by atoms with Crippen LogP contribution in [0.25, 0.3) is 0 Å². The van der Waals surface area contributed by atoms with Crippen LogP contribution in [0.5, 0.6) is 0 Å². The summed E-state index contributed by atoms with van der Waals surface area (Å²) in [4.78, 5) is 22.8. The number of carbonyl (C=O) groups is 1. The number of anilines is 1. The number of hydrogen-bond donors (Lipinski definition) is 1. The van der Waals surface area contributed by atoms with Crippen LogP contribution in [-0.2, 0) is 4.74 Å². The number of nitrogens with one attached hydrogen (secondary N) is 1. The lowest BCUT2D eigenvalue weighted by molar-refractivity contribution is 0.0217. The Morgan fingerprint density at radius 3 is 2.57 bits per heavy atom. The van der Waals surface area contributed by atoms with Gasteiger partial charge < -0.3 is 19.4 Å². The minimum absolute atomic E-state index is 0.0198. The first-order valence-electron chi connectivity index (χ1n) is 10.8. The van der Waals surface area contributed by atoms with Crippen LogP contribution in [0.15, 0.2) is 44.9 Å².